The third-order valence-electron chi connectivity index (χ3n) is 11.1. The van der Waals surface area contributed by atoms with Gasteiger partial charge in [-0.05, 0) is 49.9 Å². The van der Waals surface area contributed by atoms with Crippen molar-refractivity contribution in [3.63, 3.8) is 0 Å². The normalized spacial score (nSPS) is 59.2. The van der Waals surface area contributed by atoms with Crippen LogP contribution >= 0.6 is 0 Å². The zero-order valence-electron chi connectivity index (χ0n) is 19.8. The van der Waals surface area contributed by atoms with Gasteiger partial charge in [-0.15, -0.1) is 0 Å². The topological polar surface area (TPSA) is 79.2 Å². The van der Waals surface area contributed by atoms with Gasteiger partial charge in [0.25, 0.3) is 0 Å². The molecule has 2 aliphatic heterocycles. The molecule has 0 radical (unpaired) electrons. The molecule has 5 nitrogen and oxygen atoms in total. The van der Waals surface area contributed by atoms with Crippen molar-refractivity contribution in [1.82, 2.24) is 0 Å². The van der Waals surface area contributed by atoms with Crippen LogP contribution in [-0.4, -0.2) is 52.1 Å². The molecule has 0 aromatic rings. The predicted molar refractivity (Wildman–Crippen MR) is 120 cm³/mol. The van der Waals surface area contributed by atoms with Gasteiger partial charge in [-0.25, -0.2) is 0 Å². The largest absolute Gasteiger partial charge is 0.393 e. The Morgan fingerprint density at radius 2 is 1.88 bits per heavy atom. The first-order valence-electron chi connectivity index (χ1n) is 12.9. The van der Waals surface area contributed by atoms with E-state index < -0.39 is 24.1 Å². The fourth-order valence-electron chi connectivity index (χ4n) is 9.19. The lowest BCUT2D eigenvalue weighted by molar-refractivity contribution is -0.280. The molecule has 3 N–H and O–H groups in total. The van der Waals surface area contributed by atoms with Crippen LogP contribution in [0.1, 0.15) is 65.7 Å². The zero-order valence-corrected chi connectivity index (χ0v) is 19.8. The minimum Gasteiger partial charge on any atom is -0.393 e. The average Bonchev–Trinajstić information content (AvgIpc) is 3.34. The van der Waals surface area contributed by atoms with E-state index in [0.717, 1.165) is 38.7 Å². The highest BCUT2D eigenvalue weighted by molar-refractivity contribution is 5.37. The summed E-state index contributed by atoms with van der Waals surface area (Å²) in [6.07, 6.45) is 6.31. The Morgan fingerprint density at radius 3 is 2.56 bits per heavy atom. The van der Waals surface area contributed by atoms with Gasteiger partial charge in [-0.1, -0.05) is 44.6 Å². The van der Waals surface area contributed by atoms with Crippen LogP contribution < -0.4 is 0 Å². The number of hydrogen-bond acceptors (Lipinski definition) is 5. The molecule has 32 heavy (non-hydrogen) atoms. The second-order valence-electron chi connectivity index (χ2n) is 12.3. The lowest BCUT2D eigenvalue weighted by atomic mass is 9.53. The van der Waals surface area contributed by atoms with Crippen molar-refractivity contribution in [2.45, 2.75) is 95.9 Å². The van der Waals surface area contributed by atoms with Crippen LogP contribution in [0.15, 0.2) is 23.8 Å². The summed E-state index contributed by atoms with van der Waals surface area (Å²) in [6, 6.07) is 0. The van der Waals surface area contributed by atoms with E-state index in [0.29, 0.717) is 24.7 Å². The summed E-state index contributed by atoms with van der Waals surface area (Å²) in [5, 5.41) is 33.2. The van der Waals surface area contributed by atoms with E-state index in [9.17, 15) is 15.3 Å². The molecule has 0 aromatic carbocycles. The molecule has 0 amide bonds. The van der Waals surface area contributed by atoms with Gasteiger partial charge in [0, 0.05) is 35.5 Å². The Balaban J connectivity index is 1.33. The number of allylic oxidation sites excluding steroid dienone is 1. The van der Waals surface area contributed by atoms with Crippen LogP contribution in [0.2, 0.25) is 0 Å². The van der Waals surface area contributed by atoms with Gasteiger partial charge < -0.3 is 24.8 Å². The van der Waals surface area contributed by atoms with Gasteiger partial charge in [0.1, 0.15) is 0 Å². The van der Waals surface area contributed by atoms with Crippen LogP contribution in [0.4, 0.5) is 0 Å². The Kier molecular flexibility index (Phi) is 4.71. The zero-order chi connectivity index (χ0) is 22.6. The Bertz CT molecular complexity index is 843. The van der Waals surface area contributed by atoms with Crippen molar-refractivity contribution in [3.05, 3.63) is 23.8 Å². The van der Waals surface area contributed by atoms with Crippen LogP contribution in [0.3, 0.4) is 0 Å². The first-order valence-corrected chi connectivity index (χ1v) is 12.9. The minimum absolute atomic E-state index is 0.119. The van der Waals surface area contributed by atoms with Crippen molar-refractivity contribution in [2.75, 3.05) is 6.61 Å². The van der Waals surface area contributed by atoms with Gasteiger partial charge in [0.2, 0.25) is 0 Å². The quantitative estimate of drug-likeness (QED) is 0.498. The van der Waals surface area contributed by atoms with E-state index in [4.69, 9.17) is 9.47 Å². The van der Waals surface area contributed by atoms with Crippen molar-refractivity contribution < 1.29 is 24.8 Å². The fraction of sp³-hybridized carbons (Fsp3) is 0.852. The Hall–Kier alpha value is -0.720. The maximum atomic E-state index is 11.9. The molecule has 12 atom stereocenters. The highest BCUT2D eigenvalue weighted by Gasteiger charge is 2.72. The molecule has 0 unspecified atom stereocenters. The van der Waals surface area contributed by atoms with Crippen LogP contribution in [0.5, 0.6) is 0 Å². The maximum absolute atomic E-state index is 11.9. The number of aliphatic hydroxyl groups is 3. The first-order chi connectivity index (χ1) is 15.1. The molecule has 2 heterocycles. The molecule has 3 saturated carbocycles. The van der Waals surface area contributed by atoms with Gasteiger partial charge in [0.05, 0.1) is 31.0 Å². The SMILES string of the molecule is C=C1[C@@H]2[C@@H](O[C@]3(CC[C@@H](C)CO3)[C@H]2C)[C@H](O)[C@]12CC[C@H]1[C@H]2CC=C2C[C@@H](O)C[C@@H](O)[C@@]21C. The summed E-state index contributed by atoms with van der Waals surface area (Å²) in [5.74, 6) is 0.831. The number of hydrogen-bond donors (Lipinski definition) is 3. The molecular formula is C27H40O5. The molecule has 0 bridgehead atoms. The highest BCUT2D eigenvalue weighted by Crippen LogP contribution is 2.71. The van der Waals surface area contributed by atoms with Crippen molar-refractivity contribution in [2.24, 2.45) is 40.4 Å². The van der Waals surface area contributed by atoms with Crippen molar-refractivity contribution in [1.29, 1.82) is 0 Å². The van der Waals surface area contributed by atoms with Gasteiger partial charge in [-0.2, -0.15) is 0 Å². The fourth-order valence-corrected chi connectivity index (χ4v) is 9.19. The molecule has 5 heteroatoms. The monoisotopic (exact) mass is 444 g/mol. The Labute approximate surface area is 191 Å². The van der Waals surface area contributed by atoms with E-state index in [1.807, 2.05) is 0 Å². The molecular weight excluding hydrogens is 404 g/mol. The van der Waals surface area contributed by atoms with Crippen LogP contribution in [-0.2, 0) is 9.47 Å². The van der Waals surface area contributed by atoms with E-state index in [1.165, 1.54) is 11.1 Å². The number of aliphatic hydroxyl groups excluding tert-OH is 3. The van der Waals surface area contributed by atoms with Gasteiger partial charge >= 0.3 is 0 Å². The predicted octanol–water partition coefficient (Wildman–Crippen LogP) is 3.58. The number of ether oxygens (including phenoxy) is 2. The van der Waals surface area contributed by atoms with Gasteiger partial charge in [0.15, 0.2) is 5.79 Å². The molecule has 0 aromatic heterocycles. The minimum atomic E-state index is -0.579. The number of rotatable bonds is 0. The summed E-state index contributed by atoms with van der Waals surface area (Å²) < 4.78 is 13.0. The summed E-state index contributed by atoms with van der Waals surface area (Å²) in [5.41, 5.74) is 1.71. The second kappa shape index (κ2) is 6.91. The number of fused-ring (bicyclic) bond motifs is 5. The molecule has 4 aliphatic carbocycles. The first kappa shape index (κ1) is 21.8. The third kappa shape index (κ3) is 2.47. The third-order valence-corrected chi connectivity index (χ3v) is 11.1. The smallest absolute Gasteiger partial charge is 0.172 e. The lowest BCUT2D eigenvalue weighted by Gasteiger charge is -2.53. The second-order valence-corrected chi connectivity index (χ2v) is 12.3. The Morgan fingerprint density at radius 1 is 1.09 bits per heavy atom. The van der Waals surface area contributed by atoms with E-state index in [-0.39, 0.29) is 34.7 Å². The molecule has 2 spiro atoms. The van der Waals surface area contributed by atoms with Crippen molar-refractivity contribution in [3.8, 4) is 0 Å². The van der Waals surface area contributed by atoms with Crippen molar-refractivity contribution >= 4 is 0 Å². The van der Waals surface area contributed by atoms with E-state index >= 15 is 0 Å². The summed E-state index contributed by atoms with van der Waals surface area (Å²) >= 11 is 0. The van der Waals surface area contributed by atoms with Crippen LogP contribution in [0.25, 0.3) is 0 Å². The molecule has 6 rings (SSSR count). The average molecular weight is 445 g/mol. The summed E-state index contributed by atoms with van der Waals surface area (Å²) in [4.78, 5) is 0. The lowest BCUT2D eigenvalue weighted by Crippen LogP contribution is -2.53. The molecule has 5 fully saturated rings. The highest BCUT2D eigenvalue weighted by atomic mass is 16.7. The summed E-state index contributed by atoms with van der Waals surface area (Å²) in [7, 11) is 0. The molecule has 2 saturated heterocycles. The molecule has 178 valence electrons. The van der Waals surface area contributed by atoms with E-state index in [2.05, 4.69) is 33.4 Å². The molecule has 6 aliphatic rings. The van der Waals surface area contributed by atoms with Gasteiger partial charge in [-0.3, -0.25) is 0 Å². The summed E-state index contributed by atoms with van der Waals surface area (Å²) in [6.45, 7) is 12.0. The van der Waals surface area contributed by atoms with E-state index in [1.54, 1.807) is 0 Å². The van der Waals surface area contributed by atoms with Crippen LogP contribution in [0, 0.1) is 40.4 Å². The maximum Gasteiger partial charge on any atom is 0.172 e. The standard InChI is InChI=1S/C27H40O5/c1-14-7-10-27(31-13-14)16(3)22-15(2)26(24(30)23(22)32-27)9-8-19-20(26)6-5-17-11-18(28)12-21(29)25(17,19)4/h5,14,16,18-24,28-30H,2,6-13H2,1,3-4H3/t14-,16+,18-,19+,20-,21-,22+,23-,24+,25+,26-,27-/m1/s1.